The highest BCUT2D eigenvalue weighted by molar-refractivity contribution is 7.13. The van der Waals surface area contributed by atoms with E-state index in [9.17, 15) is 0 Å². The van der Waals surface area contributed by atoms with E-state index in [4.69, 9.17) is 10.5 Å². The number of nitrogens with zero attached hydrogens (tertiary/aromatic N) is 2. The lowest BCUT2D eigenvalue weighted by molar-refractivity contribution is 0.0996. The van der Waals surface area contributed by atoms with Crippen molar-refractivity contribution in [3.05, 3.63) is 5.01 Å². The molecule has 0 spiro atoms. The van der Waals surface area contributed by atoms with Crippen molar-refractivity contribution >= 4 is 11.3 Å². The first-order valence-corrected chi connectivity index (χ1v) is 6.69. The van der Waals surface area contributed by atoms with Gasteiger partial charge in [0.15, 0.2) is 0 Å². The molecule has 1 saturated carbocycles. The molecule has 3 unspecified atom stereocenters. The molecule has 0 bridgehead atoms. The van der Waals surface area contributed by atoms with Gasteiger partial charge in [-0.15, -0.1) is 5.10 Å². The zero-order chi connectivity index (χ0) is 11.5. The van der Waals surface area contributed by atoms with Gasteiger partial charge in [0.2, 0.25) is 0 Å². The fraction of sp³-hybridized carbons (Fsp3) is 0.818. The maximum atomic E-state index is 5.85. The van der Waals surface area contributed by atoms with Crippen LogP contribution in [-0.2, 0) is 6.54 Å². The third-order valence-electron chi connectivity index (χ3n) is 3.44. The highest BCUT2D eigenvalue weighted by Gasteiger charge is 2.26. The van der Waals surface area contributed by atoms with Gasteiger partial charge in [0.25, 0.3) is 5.19 Å². The third-order valence-corrected chi connectivity index (χ3v) is 4.28. The molecule has 1 aromatic heterocycles. The average Bonchev–Trinajstić information content (AvgIpc) is 2.71. The van der Waals surface area contributed by atoms with Crippen LogP contribution in [0.1, 0.15) is 38.1 Å². The first-order chi connectivity index (χ1) is 7.69. The van der Waals surface area contributed by atoms with Gasteiger partial charge in [-0.2, -0.15) is 0 Å². The van der Waals surface area contributed by atoms with E-state index in [1.165, 1.54) is 17.8 Å². The fourth-order valence-electron chi connectivity index (χ4n) is 2.12. The van der Waals surface area contributed by atoms with E-state index in [-0.39, 0.29) is 0 Å². The van der Waals surface area contributed by atoms with E-state index in [2.05, 4.69) is 24.0 Å². The van der Waals surface area contributed by atoms with Crippen molar-refractivity contribution in [3.8, 4) is 5.19 Å². The van der Waals surface area contributed by atoms with Crippen molar-refractivity contribution in [1.82, 2.24) is 10.2 Å². The summed E-state index contributed by atoms with van der Waals surface area (Å²) in [5, 5.41) is 9.46. The summed E-state index contributed by atoms with van der Waals surface area (Å²) in [4.78, 5) is 0. The lowest BCUT2D eigenvalue weighted by Gasteiger charge is -2.31. The standard InChI is InChI=1S/C11H19N3OS/c1-7-3-4-9(5-8(7)2)15-11-14-13-10(6-12)16-11/h7-9H,3-6,12H2,1-2H3. The molecule has 0 amide bonds. The van der Waals surface area contributed by atoms with Crippen LogP contribution in [0.15, 0.2) is 0 Å². The van der Waals surface area contributed by atoms with Crippen molar-refractivity contribution in [1.29, 1.82) is 0 Å². The fourth-order valence-corrected chi connectivity index (χ4v) is 2.75. The summed E-state index contributed by atoms with van der Waals surface area (Å²) in [6.45, 7) is 5.06. The molecule has 4 nitrogen and oxygen atoms in total. The van der Waals surface area contributed by atoms with Gasteiger partial charge in [-0.1, -0.05) is 30.3 Å². The molecular formula is C11H19N3OS. The molecule has 3 atom stereocenters. The van der Waals surface area contributed by atoms with Crippen LogP contribution >= 0.6 is 11.3 Å². The van der Waals surface area contributed by atoms with Crippen LogP contribution in [0.5, 0.6) is 5.19 Å². The highest BCUT2D eigenvalue weighted by atomic mass is 32.1. The molecule has 0 aliphatic heterocycles. The molecule has 1 aliphatic carbocycles. The van der Waals surface area contributed by atoms with Crippen LogP contribution in [0, 0.1) is 11.8 Å². The summed E-state index contributed by atoms with van der Waals surface area (Å²) in [7, 11) is 0. The van der Waals surface area contributed by atoms with Crippen LogP contribution in [0.2, 0.25) is 0 Å². The van der Waals surface area contributed by atoms with Crippen LogP contribution in [0.4, 0.5) is 0 Å². The van der Waals surface area contributed by atoms with Gasteiger partial charge in [0, 0.05) is 6.54 Å². The molecule has 0 saturated heterocycles. The first-order valence-electron chi connectivity index (χ1n) is 5.88. The molecule has 1 fully saturated rings. The van der Waals surface area contributed by atoms with E-state index in [0.29, 0.717) is 17.8 Å². The Morgan fingerprint density at radius 2 is 2.12 bits per heavy atom. The summed E-state index contributed by atoms with van der Waals surface area (Å²) >= 11 is 1.46. The number of hydrogen-bond acceptors (Lipinski definition) is 5. The molecule has 0 aromatic carbocycles. The summed E-state index contributed by atoms with van der Waals surface area (Å²) in [5.74, 6) is 1.55. The van der Waals surface area contributed by atoms with Gasteiger partial charge in [0.05, 0.1) is 0 Å². The number of nitrogens with two attached hydrogens (primary N) is 1. The summed E-state index contributed by atoms with van der Waals surface area (Å²) in [6, 6.07) is 0. The zero-order valence-electron chi connectivity index (χ0n) is 9.85. The Kier molecular flexibility index (Phi) is 3.76. The van der Waals surface area contributed by atoms with Crippen LogP contribution < -0.4 is 10.5 Å². The molecule has 2 rings (SSSR count). The first kappa shape index (κ1) is 11.8. The minimum absolute atomic E-state index is 0.310. The van der Waals surface area contributed by atoms with Crippen LogP contribution in [0.25, 0.3) is 0 Å². The molecule has 90 valence electrons. The number of hydrogen-bond donors (Lipinski definition) is 1. The quantitative estimate of drug-likeness (QED) is 0.881. The number of aromatic nitrogens is 2. The van der Waals surface area contributed by atoms with E-state index in [1.807, 2.05) is 0 Å². The second-order valence-corrected chi connectivity index (χ2v) is 5.70. The minimum Gasteiger partial charge on any atom is -0.466 e. The van der Waals surface area contributed by atoms with Crippen molar-refractivity contribution in [2.45, 2.75) is 45.8 Å². The third kappa shape index (κ3) is 2.71. The van der Waals surface area contributed by atoms with Gasteiger partial charge in [-0.25, -0.2) is 0 Å². The molecule has 1 aliphatic rings. The van der Waals surface area contributed by atoms with E-state index in [1.54, 1.807) is 0 Å². The zero-order valence-corrected chi connectivity index (χ0v) is 10.7. The second-order valence-electron chi connectivity index (χ2n) is 4.67. The topological polar surface area (TPSA) is 61.0 Å². The van der Waals surface area contributed by atoms with Gasteiger partial charge >= 0.3 is 0 Å². The van der Waals surface area contributed by atoms with Crippen LogP contribution in [-0.4, -0.2) is 16.3 Å². The van der Waals surface area contributed by atoms with E-state index < -0.39 is 0 Å². The van der Waals surface area contributed by atoms with Crippen molar-refractivity contribution in [2.75, 3.05) is 0 Å². The Morgan fingerprint density at radius 1 is 1.31 bits per heavy atom. The molecule has 2 N–H and O–H groups in total. The van der Waals surface area contributed by atoms with Crippen molar-refractivity contribution < 1.29 is 4.74 Å². The molecular weight excluding hydrogens is 222 g/mol. The predicted octanol–water partition coefficient (Wildman–Crippen LogP) is 2.20. The Labute approximate surface area is 100 Å². The normalized spacial score (nSPS) is 30.3. The summed E-state index contributed by atoms with van der Waals surface area (Å²) in [5.41, 5.74) is 5.49. The largest absolute Gasteiger partial charge is 0.466 e. The van der Waals surface area contributed by atoms with Crippen LogP contribution in [0.3, 0.4) is 0 Å². The molecule has 16 heavy (non-hydrogen) atoms. The Balaban J connectivity index is 1.90. The van der Waals surface area contributed by atoms with Gasteiger partial charge in [-0.05, 0) is 31.1 Å². The number of rotatable bonds is 3. The Hall–Kier alpha value is -0.680. The molecule has 0 radical (unpaired) electrons. The van der Waals surface area contributed by atoms with Gasteiger partial charge in [0.1, 0.15) is 11.1 Å². The summed E-state index contributed by atoms with van der Waals surface area (Å²) < 4.78 is 5.85. The highest BCUT2D eigenvalue weighted by Crippen LogP contribution is 2.32. The minimum atomic E-state index is 0.310. The van der Waals surface area contributed by atoms with Gasteiger partial charge < -0.3 is 10.5 Å². The Morgan fingerprint density at radius 3 is 2.75 bits per heavy atom. The SMILES string of the molecule is CC1CCC(Oc2nnc(CN)s2)CC1C. The lowest BCUT2D eigenvalue weighted by Crippen LogP contribution is -2.28. The molecule has 1 aromatic rings. The molecule has 5 heteroatoms. The second kappa shape index (κ2) is 5.10. The van der Waals surface area contributed by atoms with Crippen molar-refractivity contribution in [2.24, 2.45) is 17.6 Å². The van der Waals surface area contributed by atoms with E-state index in [0.717, 1.165) is 29.7 Å². The molecule has 1 heterocycles. The van der Waals surface area contributed by atoms with Crippen molar-refractivity contribution in [3.63, 3.8) is 0 Å². The smallest absolute Gasteiger partial charge is 0.294 e. The lowest BCUT2D eigenvalue weighted by atomic mass is 9.80. The van der Waals surface area contributed by atoms with Gasteiger partial charge in [-0.3, -0.25) is 0 Å². The Bertz CT molecular complexity index is 342. The maximum Gasteiger partial charge on any atom is 0.294 e. The predicted molar refractivity (Wildman–Crippen MR) is 64.4 cm³/mol. The monoisotopic (exact) mass is 241 g/mol. The maximum absolute atomic E-state index is 5.85. The average molecular weight is 241 g/mol. The number of ether oxygens (including phenoxy) is 1. The van der Waals surface area contributed by atoms with E-state index >= 15 is 0 Å². The summed E-state index contributed by atoms with van der Waals surface area (Å²) in [6.07, 6.45) is 3.81.